The molecule has 1 aliphatic carbocycles. The van der Waals surface area contributed by atoms with E-state index in [4.69, 9.17) is 0 Å². The van der Waals surface area contributed by atoms with Crippen LogP contribution in [0, 0.1) is 5.92 Å². The molecule has 4 atom stereocenters. The van der Waals surface area contributed by atoms with E-state index in [1.54, 1.807) is 4.31 Å². The van der Waals surface area contributed by atoms with E-state index in [9.17, 15) is 13.2 Å². The summed E-state index contributed by atoms with van der Waals surface area (Å²) in [6, 6.07) is 0.419. The van der Waals surface area contributed by atoms with Crippen LogP contribution < -0.4 is 10.6 Å². The fourth-order valence-corrected chi connectivity index (χ4v) is 6.54. The summed E-state index contributed by atoms with van der Waals surface area (Å²) in [7, 11) is -3.14. The average molecular weight is 358 g/mol. The topological polar surface area (TPSA) is 78.5 Å². The molecule has 0 spiro atoms. The third-order valence-corrected chi connectivity index (χ3v) is 7.50. The minimum Gasteiger partial charge on any atom is -0.335 e. The van der Waals surface area contributed by atoms with E-state index in [-0.39, 0.29) is 30.2 Å². The van der Waals surface area contributed by atoms with E-state index >= 15 is 0 Å². The van der Waals surface area contributed by atoms with Crippen molar-refractivity contribution in [3.63, 3.8) is 0 Å². The fourth-order valence-electron chi connectivity index (χ4n) is 5.08. The number of fused-ring (bicyclic) bond motifs is 2. The van der Waals surface area contributed by atoms with Gasteiger partial charge in [0, 0.05) is 24.2 Å². The molecule has 0 radical (unpaired) electrons. The highest BCUT2D eigenvalue weighted by atomic mass is 32.2. The highest BCUT2D eigenvalue weighted by molar-refractivity contribution is 7.88. The molecule has 0 aromatic rings. The number of amides is 2. The zero-order chi connectivity index (χ0) is 17.3. The van der Waals surface area contributed by atoms with Crippen LogP contribution in [0.4, 0.5) is 4.79 Å². The molecule has 2 amide bonds. The average Bonchev–Trinajstić information content (AvgIpc) is 2.80. The highest BCUT2D eigenvalue weighted by Crippen LogP contribution is 2.37. The largest absolute Gasteiger partial charge is 0.335 e. The van der Waals surface area contributed by atoms with Crippen molar-refractivity contribution >= 4 is 16.1 Å². The second-order valence-electron chi connectivity index (χ2n) is 7.82. The first kappa shape index (κ1) is 18.0. The molecule has 0 aromatic heterocycles. The van der Waals surface area contributed by atoms with Gasteiger partial charge in [0.2, 0.25) is 10.0 Å². The molecule has 2 N–H and O–H groups in total. The zero-order valence-corrected chi connectivity index (χ0v) is 15.6. The van der Waals surface area contributed by atoms with Crippen molar-refractivity contribution in [1.82, 2.24) is 14.9 Å². The second kappa shape index (κ2) is 7.20. The number of carbonyl (C=O) groups is 1. The Bertz CT molecular complexity index is 551. The van der Waals surface area contributed by atoms with Crippen molar-refractivity contribution in [2.24, 2.45) is 5.92 Å². The van der Waals surface area contributed by atoms with Crippen molar-refractivity contribution in [3.8, 4) is 0 Å². The van der Waals surface area contributed by atoms with Crippen LogP contribution in [0.2, 0.25) is 0 Å². The van der Waals surface area contributed by atoms with Gasteiger partial charge in [0.15, 0.2) is 0 Å². The van der Waals surface area contributed by atoms with Crippen molar-refractivity contribution in [2.75, 3.05) is 6.26 Å². The fraction of sp³-hybridized carbons (Fsp3) is 0.941. The lowest BCUT2D eigenvalue weighted by Crippen LogP contribution is -2.55. The van der Waals surface area contributed by atoms with Gasteiger partial charge in [0.1, 0.15) is 0 Å². The van der Waals surface area contributed by atoms with E-state index in [0.717, 1.165) is 38.5 Å². The molecule has 3 aliphatic rings. The Balaban J connectivity index is 1.53. The lowest BCUT2D eigenvalue weighted by atomic mass is 9.83. The Hall–Kier alpha value is -0.820. The van der Waals surface area contributed by atoms with Gasteiger partial charge < -0.3 is 10.6 Å². The normalized spacial score (nSPS) is 37.2. The summed E-state index contributed by atoms with van der Waals surface area (Å²) in [5.74, 6) is 0.591. The second-order valence-corrected chi connectivity index (χ2v) is 9.71. The number of hydrogen-bond donors (Lipinski definition) is 2. The predicted molar refractivity (Wildman–Crippen MR) is 94.2 cm³/mol. The molecule has 24 heavy (non-hydrogen) atoms. The Morgan fingerprint density at radius 1 is 1.04 bits per heavy atom. The molecule has 7 heteroatoms. The van der Waals surface area contributed by atoms with Gasteiger partial charge in [-0.2, -0.15) is 4.31 Å². The Labute approximate surface area is 145 Å². The number of piperidine rings is 1. The molecule has 0 aromatic carbocycles. The number of carbonyl (C=O) groups excluding carboxylic acids is 1. The van der Waals surface area contributed by atoms with Crippen molar-refractivity contribution in [1.29, 1.82) is 0 Å². The molecule has 6 nitrogen and oxygen atoms in total. The minimum atomic E-state index is -3.14. The standard InChI is InChI=1S/C17H31N3O3S/c1-3-12-6-4-5-7-16(12)19-17(21)18-13-10-14-8-9-15(11-13)20(14)24(2,22)23/h12-16H,3-11H2,1-2H3,(H2,18,19,21). The summed E-state index contributed by atoms with van der Waals surface area (Å²) < 4.78 is 25.5. The number of nitrogens with zero attached hydrogens (tertiary/aromatic N) is 1. The maximum Gasteiger partial charge on any atom is 0.315 e. The highest BCUT2D eigenvalue weighted by Gasteiger charge is 2.45. The lowest BCUT2D eigenvalue weighted by Gasteiger charge is -2.38. The van der Waals surface area contributed by atoms with Crippen LogP contribution in [-0.2, 0) is 10.0 Å². The van der Waals surface area contributed by atoms with Gasteiger partial charge in [0.05, 0.1) is 6.26 Å². The first-order valence-electron chi connectivity index (χ1n) is 9.44. The first-order chi connectivity index (χ1) is 11.4. The van der Waals surface area contributed by atoms with Gasteiger partial charge in [-0.05, 0) is 44.4 Å². The Kier molecular flexibility index (Phi) is 5.39. The molecule has 3 rings (SSSR count). The molecule has 2 bridgehead atoms. The van der Waals surface area contributed by atoms with E-state index < -0.39 is 10.0 Å². The van der Waals surface area contributed by atoms with Crippen LogP contribution in [-0.4, -0.2) is 49.2 Å². The Morgan fingerprint density at radius 2 is 1.67 bits per heavy atom. The van der Waals surface area contributed by atoms with Gasteiger partial charge >= 0.3 is 6.03 Å². The summed E-state index contributed by atoms with van der Waals surface area (Å²) in [6.07, 6.45) is 10.5. The van der Waals surface area contributed by atoms with E-state index in [1.807, 2.05) is 0 Å². The molecule has 1 saturated carbocycles. The quantitative estimate of drug-likeness (QED) is 0.810. The molecular formula is C17H31N3O3S. The summed E-state index contributed by atoms with van der Waals surface area (Å²) in [5.41, 5.74) is 0. The molecular weight excluding hydrogens is 326 g/mol. The van der Waals surface area contributed by atoms with Gasteiger partial charge in [0.25, 0.3) is 0 Å². The third-order valence-electron chi connectivity index (χ3n) is 6.13. The lowest BCUT2D eigenvalue weighted by molar-refractivity contribution is 0.189. The van der Waals surface area contributed by atoms with E-state index in [2.05, 4.69) is 17.6 Å². The van der Waals surface area contributed by atoms with Gasteiger partial charge in [-0.15, -0.1) is 0 Å². The number of sulfonamides is 1. The minimum absolute atomic E-state index is 0.0575. The van der Waals surface area contributed by atoms with Gasteiger partial charge in [-0.25, -0.2) is 13.2 Å². The van der Waals surface area contributed by atoms with E-state index in [0.29, 0.717) is 5.92 Å². The maximum absolute atomic E-state index is 12.4. The van der Waals surface area contributed by atoms with Crippen LogP contribution in [0.5, 0.6) is 0 Å². The molecule has 2 saturated heterocycles. The number of hydrogen-bond acceptors (Lipinski definition) is 3. The van der Waals surface area contributed by atoms with Crippen LogP contribution in [0.25, 0.3) is 0 Å². The summed E-state index contributed by atoms with van der Waals surface area (Å²) in [4.78, 5) is 12.4. The van der Waals surface area contributed by atoms with Gasteiger partial charge in [-0.1, -0.05) is 26.2 Å². The number of rotatable bonds is 4. The van der Waals surface area contributed by atoms with Crippen LogP contribution >= 0.6 is 0 Å². The zero-order valence-electron chi connectivity index (χ0n) is 14.8. The van der Waals surface area contributed by atoms with E-state index in [1.165, 1.54) is 25.5 Å². The van der Waals surface area contributed by atoms with Gasteiger partial charge in [-0.3, -0.25) is 0 Å². The van der Waals surface area contributed by atoms with Crippen molar-refractivity contribution < 1.29 is 13.2 Å². The molecule has 138 valence electrons. The van der Waals surface area contributed by atoms with Crippen LogP contribution in [0.3, 0.4) is 0 Å². The summed E-state index contributed by atoms with van der Waals surface area (Å²) in [5, 5.41) is 6.29. The molecule has 2 heterocycles. The van der Waals surface area contributed by atoms with Crippen LogP contribution in [0.15, 0.2) is 0 Å². The maximum atomic E-state index is 12.4. The summed E-state index contributed by atoms with van der Waals surface area (Å²) >= 11 is 0. The molecule has 4 unspecified atom stereocenters. The molecule has 3 fully saturated rings. The molecule has 2 aliphatic heterocycles. The number of nitrogens with one attached hydrogen (secondary N) is 2. The SMILES string of the molecule is CCC1CCCCC1NC(=O)NC1CC2CCC(C1)N2S(C)(=O)=O. The van der Waals surface area contributed by atoms with Crippen LogP contribution in [0.1, 0.15) is 64.7 Å². The first-order valence-corrected chi connectivity index (χ1v) is 11.3. The monoisotopic (exact) mass is 357 g/mol. The number of urea groups is 1. The summed E-state index contributed by atoms with van der Waals surface area (Å²) in [6.45, 7) is 2.20. The van der Waals surface area contributed by atoms with Crippen molar-refractivity contribution in [3.05, 3.63) is 0 Å². The predicted octanol–water partition coefficient (Wildman–Crippen LogP) is 2.21. The smallest absolute Gasteiger partial charge is 0.315 e. The van der Waals surface area contributed by atoms with Crippen molar-refractivity contribution in [2.45, 2.75) is 88.9 Å². The Morgan fingerprint density at radius 3 is 2.25 bits per heavy atom. The third kappa shape index (κ3) is 3.87.